The van der Waals surface area contributed by atoms with Crippen LogP contribution in [0.4, 0.5) is 5.82 Å². The van der Waals surface area contributed by atoms with Gasteiger partial charge in [-0.2, -0.15) is 5.10 Å². The van der Waals surface area contributed by atoms with Crippen LogP contribution in [0.25, 0.3) is 0 Å². The van der Waals surface area contributed by atoms with Crippen LogP contribution >= 0.6 is 15.9 Å². The fraction of sp³-hybridized carbons (Fsp3) is 0.0833. The zero-order valence-electron chi connectivity index (χ0n) is 10.5. The van der Waals surface area contributed by atoms with Crippen LogP contribution in [0.15, 0.2) is 34.0 Å². The van der Waals surface area contributed by atoms with Gasteiger partial charge in [-0.15, -0.1) is 0 Å². The van der Waals surface area contributed by atoms with E-state index in [1.807, 2.05) is 13.0 Å². The normalized spacial score (nSPS) is 11.4. The van der Waals surface area contributed by atoms with Crippen LogP contribution in [0.2, 0.25) is 0 Å². The molecule has 0 bridgehead atoms. The summed E-state index contributed by atoms with van der Waals surface area (Å²) in [6, 6.07) is 5.43. The first kappa shape index (κ1) is 14.1. The summed E-state index contributed by atoms with van der Waals surface area (Å²) in [5.74, 6) is -0.215. The number of H-pyrrole nitrogens is 1. The number of amides is 1. The van der Waals surface area contributed by atoms with E-state index >= 15 is 0 Å². The number of hydrogen-bond acceptors (Lipinski definition) is 4. The Kier molecular flexibility index (Phi) is 4.04. The van der Waals surface area contributed by atoms with Crippen LogP contribution in [0.1, 0.15) is 21.5 Å². The van der Waals surface area contributed by atoms with Crippen molar-refractivity contribution in [2.24, 2.45) is 10.9 Å². The maximum Gasteiger partial charge on any atom is 0.257 e. The molecule has 20 heavy (non-hydrogen) atoms. The summed E-state index contributed by atoms with van der Waals surface area (Å²) in [5, 5.41) is 20.5. The van der Waals surface area contributed by atoms with Crippen molar-refractivity contribution in [2.45, 2.75) is 6.92 Å². The molecule has 8 heteroatoms. The van der Waals surface area contributed by atoms with E-state index in [-0.39, 0.29) is 17.6 Å². The first-order valence-corrected chi connectivity index (χ1v) is 6.41. The monoisotopic (exact) mass is 337 g/mol. The van der Waals surface area contributed by atoms with Crippen LogP contribution in [0.5, 0.6) is 0 Å². The fourth-order valence-electron chi connectivity index (χ4n) is 1.62. The molecule has 0 unspecified atom stereocenters. The largest absolute Gasteiger partial charge is 0.409 e. The molecule has 0 atom stereocenters. The van der Waals surface area contributed by atoms with E-state index in [0.717, 1.165) is 5.56 Å². The van der Waals surface area contributed by atoms with Crippen molar-refractivity contribution in [3.8, 4) is 0 Å². The van der Waals surface area contributed by atoms with Gasteiger partial charge in [0.1, 0.15) is 5.82 Å². The molecule has 0 spiro atoms. The van der Waals surface area contributed by atoms with Crippen LogP contribution in [0, 0.1) is 6.92 Å². The molecule has 0 aliphatic rings. The lowest BCUT2D eigenvalue weighted by Gasteiger charge is -2.07. The maximum atomic E-state index is 12.2. The number of amidine groups is 1. The topological polar surface area (TPSA) is 116 Å². The Labute approximate surface area is 123 Å². The first-order valence-electron chi connectivity index (χ1n) is 5.61. The number of nitrogens with zero attached hydrogens (tertiary/aromatic N) is 2. The van der Waals surface area contributed by atoms with Gasteiger partial charge in [0, 0.05) is 4.47 Å². The Bertz CT molecular complexity index is 680. The van der Waals surface area contributed by atoms with Gasteiger partial charge >= 0.3 is 0 Å². The highest BCUT2D eigenvalue weighted by atomic mass is 79.9. The number of aromatic amines is 1. The van der Waals surface area contributed by atoms with Gasteiger partial charge in [-0.25, -0.2) is 0 Å². The number of nitrogens with two attached hydrogens (primary N) is 1. The van der Waals surface area contributed by atoms with E-state index < -0.39 is 0 Å². The number of carbonyl (C=O) groups is 1. The summed E-state index contributed by atoms with van der Waals surface area (Å²) < 4.78 is 0.672. The molecule has 0 fully saturated rings. The van der Waals surface area contributed by atoms with E-state index in [0.29, 0.717) is 15.6 Å². The second-order valence-corrected chi connectivity index (χ2v) is 4.94. The third kappa shape index (κ3) is 2.80. The lowest BCUT2D eigenvalue weighted by Crippen LogP contribution is -2.18. The number of hydrogen-bond donors (Lipinski definition) is 4. The van der Waals surface area contributed by atoms with Crippen molar-refractivity contribution in [3.05, 3.63) is 45.6 Å². The van der Waals surface area contributed by atoms with Gasteiger partial charge in [0.25, 0.3) is 5.91 Å². The van der Waals surface area contributed by atoms with Crippen LogP contribution in [-0.4, -0.2) is 27.1 Å². The minimum atomic E-state index is -0.336. The lowest BCUT2D eigenvalue weighted by molar-refractivity contribution is 0.102. The molecule has 2 rings (SSSR count). The van der Waals surface area contributed by atoms with Crippen LogP contribution in [-0.2, 0) is 0 Å². The number of benzene rings is 1. The molecule has 0 radical (unpaired) electrons. The van der Waals surface area contributed by atoms with Gasteiger partial charge in [0.05, 0.1) is 17.3 Å². The van der Waals surface area contributed by atoms with E-state index in [1.165, 1.54) is 6.20 Å². The fourth-order valence-corrected chi connectivity index (χ4v) is 2.05. The molecule has 0 saturated heterocycles. The van der Waals surface area contributed by atoms with Crippen molar-refractivity contribution in [1.82, 2.24) is 10.2 Å². The number of carbonyl (C=O) groups excluding carboxylic acids is 1. The molecular weight excluding hydrogens is 326 g/mol. The molecule has 104 valence electrons. The summed E-state index contributed by atoms with van der Waals surface area (Å²) in [7, 11) is 0. The van der Waals surface area contributed by atoms with Crippen molar-refractivity contribution in [3.63, 3.8) is 0 Å². The number of aromatic nitrogens is 2. The van der Waals surface area contributed by atoms with Gasteiger partial charge in [-0.05, 0) is 35.0 Å². The lowest BCUT2D eigenvalue weighted by atomic mass is 10.1. The molecule has 0 aliphatic carbocycles. The standard InChI is InChI=1S/C12H12BrN5O2/c1-6-2-3-9(13)7(4-6)12(19)16-11-8(5-15-17-11)10(14)18-20/h2-5,20H,1H3,(H2,14,18)(H2,15,16,17,19). The van der Waals surface area contributed by atoms with Gasteiger partial charge in [0.15, 0.2) is 5.84 Å². The summed E-state index contributed by atoms with van der Waals surface area (Å²) in [4.78, 5) is 12.2. The Morgan fingerprint density at radius 2 is 2.25 bits per heavy atom. The molecular formula is C12H12BrN5O2. The minimum absolute atomic E-state index is 0.141. The Morgan fingerprint density at radius 3 is 2.95 bits per heavy atom. The van der Waals surface area contributed by atoms with Crippen molar-refractivity contribution < 1.29 is 10.0 Å². The third-order valence-electron chi connectivity index (χ3n) is 2.63. The summed E-state index contributed by atoms with van der Waals surface area (Å²) in [6.45, 7) is 1.89. The van der Waals surface area contributed by atoms with Gasteiger partial charge in [-0.3, -0.25) is 9.89 Å². The summed E-state index contributed by atoms with van der Waals surface area (Å²) >= 11 is 3.32. The second-order valence-electron chi connectivity index (χ2n) is 4.08. The smallest absolute Gasteiger partial charge is 0.257 e. The van der Waals surface area contributed by atoms with E-state index in [2.05, 4.69) is 36.6 Å². The quantitative estimate of drug-likeness (QED) is 0.296. The van der Waals surface area contributed by atoms with Crippen molar-refractivity contribution in [2.75, 3.05) is 5.32 Å². The van der Waals surface area contributed by atoms with Gasteiger partial charge in [0.2, 0.25) is 0 Å². The van der Waals surface area contributed by atoms with Crippen LogP contribution in [0.3, 0.4) is 0 Å². The Balaban J connectivity index is 2.29. The zero-order chi connectivity index (χ0) is 14.7. The maximum absolute atomic E-state index is 12.2. The van der Waals surface area contributed by atoms with E-state index in [9.17, 15) is 4.79 Å². The second kappa shape index (κ2) is 5.74. The Morgan fingerprint density at radius 1 is 1.50 bits per heavy atom. The van der Waals surface area contributed by atoms with Crippen molar-refractivity contribution in [1.29, 1.82) is 0 Å². The first-order chi connectivity index (χ1) is 9.52. The molecule has 1 heterocycles. The number of nitrogens with one attached hydrogen (secondary N) is 2. The predicted octanol–water partition coefficient (Wildman–Crippen LogP) is 1.83. The van der Waals surface area contributed by atoms with Crippen molar-refractivity contribution >= 4 is 33.5 Å². The van der Waals surface area contributed by atoms with Gasteiger partial charge < -0.3 is 16.3 Å². The van der Waals surface area contributed by atoms with E-state index in [4.69, 9.17) is 10.9 Å². The summed E-state index contributed by atoms with van der Waals surface area (Å²) in [5.41, 5.74) is 7.23. The molecule has 2 aromatic rings. The number of oxime groups is 1. The molecule has 1 aromatic heterocycles. The molecule has 1 amide bonds. The highest BCUT2D eigenvalue weighted by Crippen LogP contribution is 2.20. The number of aryl methyl sites for hydroxylation is 1. The third-order valence-corrected chi connectivity index (χ3v) is 3.32. The number of rotatable bonds is 3. The number of halogens is 1. The molecule has 0 saturated carbocycles. The SMILES string of the molecule is Cc1ccc(Br)c(C(=O)Nc2[nH]ncc2/C(N)=N/O)c1. The molecule has 1 aromatic carbocycles. The molecule has 0 aliphatic heterocycles. The van der Waals surface area contributed by atoms with E-state index in [1.54, 1.807) is 12.1 Å². The molecule has 5 N–H and O–H groups in total. The number of anilines is 1. The zero-order valence-corrected chi connectivity index (χ0v) is 12.1. The highest BCUT2D eigenvalue weighted by molar-refractivity contribution is 9.10. The average molecular weight is 338 g/mol. The molecule has 7 nitrogen and oxygen atoms in total. The summed E-state index contributed by atoms with van der Waals surface area (Å²) in [6.07, 6.45) is 1.36. The minimum Gasteiger partial charge on any atom is -0.409 e. The highest BCUT2D eigenvalue weighted by Gasteiger charge is 2.15. The Hall–Kier alpha value is -2.35. The predicted molar refractivity (Wildman–Crippen MR) is 77.9 cm³/mol. The van der Waals surface area contributed by atoms with Crippen LogP contribution < -0.4 is 11.1 Å². The average Bonchev–Trinajstić information content (AvgIpc) is 2.88. The van der Waals surface area contributed by atoms with Gasteiger partial charge in [-0.1, -0.05) is 16.8 Å².